The molecule has 0 radical (unpaired) electrons. The summed E-state index contributed by atoms with van der Waals surface area (Å²) in [5.41, 5.74) is 13.6. The van der Waals surface area contributed by atoms with Crippen molar-refractivity contribution in [3.63, 3.8) is 0 Å². The molecule has 0 bridgehead atoms. The van der Waals surface area contributed by atoms with Gasteiger partial charge in [0, 0.05) is 12.8 Å². The van der Waals surface area contributed by atoms with Crippen molar-refractivity contribution in [2.45, 2.75) is 37.4 Å². The number of amides is 9. The topological polar surface area (TPSA) is 302 Å². The molecule has 0 aliphatic heterocycles. The summed E-state index contributed by atoms with van der Waals surface area (Å²) in [4.78, 5) is 112. The zero-order valence-electron chi connectivity index (χ0n) is 33.7. The second kappa shape index (κ2) is 24.4. The van der Waals surface area contributed by atoms with Gasteiger partial charge >= 0.3 is 0 Å². The van der Waals surface area contributed by atoms with Crippen LogP contribution in [-0.4, -0.2) is 111 Å². The first-order chi connectivity index (χ1) is 29.7. The van der Waals surface area contributed by atoms with Gasteiger partial charge in [0.25, 0.3) is 0 Å². The molecule has 19 heteroatoms. The van der Waals surface area contributed by atoms with Gasteiger partial charge in [-0.15, -0.1) is 0 Å². The Morgan fingerprint density at radius 1 is 0.403 bits per heavy atom. The average Bonchev–Trinajstić information content (AvgIpc) is 3.27. The Morgan fingerprint density at radius 3 is 1.32 bits per heavy atom. The van der Waals surface area contributed by atoms with Gasteiger partial charge in [0.05, 0.1) is 45.3 Å². The average molecular weight is 851 g/mol. The highest BCUT2D eigenvalue weighted by Crippen LogP contribution is 2.17. The van der Waals surface area contributed by atoms with Gasteiger partial charge in [-0.05, 0) is 33.9 Å². The quantitative estimate of drug-likeness (QED) is 0.0370. The molecule has 0 spiro atoms. The summed E-state index contributed by atoms with van der Waals surface area (Å²) in [6.07, 6.45) is 0.420. The molecule has 0 saturated heterocycles. The summed E-state index contributed by atoms with van der Waals surface area (Å²) < 4.78 is 0. The van der Waals surface area contributed by atoms with Crippen LogP contribution >= 0.6 is 0 Å². The van der Waals surface area contributed by atoms with Crippen LogP contribution in [0.5, 0.6) is 0 Å². The van der Waals surface area contributed by atoms with Crippen molar-refractivity contribution in [1.29, 1.82) is 0 Å². The van der Waals surface area contributed by atoms with Gasteiger partial charge in [-0.25, -0.2) is 0 Å². The second-order valence-electron chi connectivity index (χ2n) is 14.1. The zero-order valence-corrected chi connectivity index (χ0v) is 33.7. The monoisotopic (exact) mass is 850 g/mol. The van der Waals surface area contributed by atoms with Gasteiger partial charge < -0.3 is 54.0 Å². The largest absolute Gasteiger partial charge is 0.368 e. The molecule has 19 nitrogen and oxygen atoms in total. The van der Waals surface area contributed by atoms with Crippen molar-refractivity contribution in [2.75, 3.05) is 39.3 Å². The third-order valence-electron chi connectivity index (χ3n) is 9.13. The smallest absolute Gasteiger partial charge is 0.243 e. The van der Waals surface area contributed by atoms with Crippen molar-refractivity contribution in [3.8, 4) is 0 Å². The molecule has 4 aromatic rings. The molecular formula is C43H50N10O9. The van der Waals surface area contributed by atoms with Crippen LogP contribution in [0.25, 0.3) is 10.8 Å². The highest BCUT2D eigenvalue weighted by molar-refractivity contribution is 5.95. The summed E-state index contributed by atoms with van der Waals surface area (Å²) in [7, 11) is 0. The van der Waals surface area contributed by atoms with Gasteiger partial charge in [0.15, 0.2) is 0 Å². The summed E-state index contributed by atoms with van der Waals surface area (Å²) >= 11 is 0. The predicted molar refractivity (Wildman–Crippen MR) is 227 cm³/mol. The lowest BCUT2D eigenvalue weighted by Crippen LogP contribution is -2.53. The van der Waals surface area contributed by atoms with Crippen molar-refractivity contribution in [3.05, 3.63) is 120 Å². The fourth-order valence-electron chi connectivity index (χ4n) is 5.89. The van der Waals surface area contributed by atoms with Crippen molar-refractivity contribution in [2.24, 2.45) is 11.5 Å². The summed E-state index contributed by atoms with van der Waals surface area (Å²) in [6, 6.07) is 27.9. The van der Waals surface area contributed by atoms with Gasteiger partial charge in [0.2, 0.25) is 53.2 Å². The molecule has 0 fully saturated rings. The van der Waals surface area contributed by atoms with Crippen LogP contribution in [0.3, 0.4) is 0 Å². The number of primary amides is 1. The molecular weight excluding hydrogens is 801 g/mol. The first-order valence-electron chi connectivity index (χ1n) is 19.6. The minimum atomic E-state index is -1.21. The Labute approximate surface area is 356 Å². The van der Waals surface area contributed by atoms with Gasteiger partial charge in [-0.1, -0.05) is 103 Å². The van der Waals surface area contributed by atoms with E-state index in [1.165, 1.54) is 0 Å². The number of carbonyl (C=O) groups excluding carboxylic acids is 9. The fraction of sp³-hybridized carbons (Fsp3) is 0.279. The number of rotatable bonds is 23. The Hall–Kier alpha value is -7.67. The van der Waals surface area contributed by atoms with Crippen LogP contribution < -0.4 is 54.0 Å². The number of nitrogens with two attached hydrogens (primary N) is 2. The third kappa shape index (κ3) is 16.9. The number of fused-ring (bicyclic) bond motifs is 1. The highest BCUT2D eigenvalue weighted by atomic mass is 16.2. The molecule has 3 atom stereocenters. The van der Waals surface area contributed by atoms with E-state index in [2.05, 4.69) is 42.5 Å². The van der Waals surface area contributed by atoms with Crippen LogP contribution in [0.2, 0.25) is 0 Å². The minimum absolute atomic E-state index is 0.00118. The lowest BCUT2D eigenvalue weighted by atomic mass is 10.0. The number of carbonyl (C=O) groups is 9. The first kappa shape index (κ1) is 47.0. The minimum Gasteiger partial charge on any atom is -0.368 e. The maximum atomic E-state index is 13.3. The van der Waals surface area contributed by atoms with E-state index >= 15 is 0 Å². The van der Waals surface area contributed by atoms with Crippen LogP contribution in [0, 0.1) is 0 Å². The predicted octanol–water partition coefficient (Wildman–Crippen LogP) is -2.65. The molecule has 4 aromatic carbocycles. The lowest BCUT2D eigenvalue weighted by Gasteiger charge is -2.19. The standard InChI is InChI=1S/C43H50N10O9/c44-32(18-27-9-3-1-4-10-27)42(61)50-23-37(56)46-21-36(55)49-26-40(59)53-34(20-29-15-16-30-13-7-8-14-31(30)17-29)43(62)51-24-38(57)47-22-35(54)48-25-39(58)52-33(41(45)60)19-28-11-5-2-6-12-28/h1-17,32-34H,18-26,44H2,(H2,45,60)(H,46,56)(H,47,57)(H,48,54)(H,49,55)(H,50,61)(H,51,62)(H,52,58)(H,53,59)/t32-,33-,34-/m0/s1. The Bertz CT molecular complexity index is 2220. The summed E-state index contributed by atoms with van der Waals surface area (Å²) in [5, 5.41) is 21.0. The highest BCUT2D eigenvalue weighted by Gasteiger charge is 2.23. The van der Waals surface area contributed by atoms with Crippen LogP contribution in [0.1, 0.15) is 16.7 Å². The molecule has 62 heavy (non-hydrogen) atoms. The normalized spacial score (nSPS) is 12.0. The SMILES string of the molecule is NC(=O)[C@H](Cc1ccccc1)NC(=O)CNC(=O)CNC(=O)CNC(=O)[C@H](Cc1ccc2ccccc2c1)NC(=O)CNC(=O)CNC(=O)CNC(=O)[C@@H](N)Cc1ccccc1. The summed E-state index contributed by atoms with van der Waals surface area (Å²) in [6.45, 7) is -3.12. The van der Waals surface area contributed by atoms with E-state index < -0.39 is 111 Å². The lowest BCUT2D eigenvalue weighted by molar-refractivity contribution is -0.131. The number of nitrogens with one attached hydrogen (secondary N) is 8. The van der Waals surface area contributed by atoms with E-state index in [0.29, 0.717) is 5.56 Å². The van der Waals surface area contributed by atoms with E-state index in [1.807, 2.05) is 66.7 Å². The molecule has 0 heterocycles. The second-order valence-corrected chi connectivity index (χ2v) is 14.1. The van der Waals surface area contributed by atoms with E-state index in [9.17, 15) is 43.2 Å². The molecule has 0 saturated carbocycles. The van der Waals surface area contributed by atoms with E-state index in [0.717, 1.165) is 21.9 Å². The first-order valence-corrected chi connectivity index (χ1v) is 19.6. The molecule has 0 unspecified atom stereocenters. The van der Waals surface area contributed by atoms with Gasteiger partial charge in [-0.3, -0.25) is 43.2 Å². The van der Waals surface area contributed by atoms with E-state index in [-0.39, 0.29) is 19.3 Å². The molecule has 9 amide bonds. The Balaban J connectivity index is 1.21. The number of hydrogen-bond donors (Lipinski definition) is 10. The zero-order chi connectivity index (χ0) is 44.9. The van der Waals surface area contributed by atoms with Crippen LogP contribution in [0.15, 0.2) is 103 Å². The molecule has 0 aromatic heterocycles. The van der Waals surface area contributed by atoms with E-state index in [4.69, 9.17) is 11.5 Å². The molecule has 0 aliphatic carbocycles. The van der Waals surface area contributed by atoms with Crippen molar-refractivity contribution in [1.82, 2.24) is 42.5 Å². The molecule has 0 aliphatic rings. The van der Waals surface area contributed by atoms with Crippen LogP contribution in [-0.2, 0) is 62.4 Å². The Morgan fingerprint density at radius 2 is 0.806 bits per heavy atom. The third-order valence-corrected chi connectivity index (χ3v) is 9.13. The van der Waals surface area contributed by atoms with Gasteiger partial charge in [-0.2, -0.15) is 0 Å². The van der Waals surface area contributed by atoms with Crippen molar-refractivity contribution >= 4 is 63.9 Å². The maximum absolute atomic E-state index is 13.3. The number of hydrogen-bond acceptors (Lipinski definition) is 10. The van der Waals surface area contributed by atoms with Gasteiger partial charge in [0.1, 0.15) is 12.1 Å². The summed E-state index contributed by atoms with van der Waals surface area (Å²) in [5.74, 6) is -6.36. The molecule has 326 valence electrons. The Kier molecular flexibility index (Phi) is 18.5. The molecule has 12 N–H and O–H groups in total. The van der Waals surface area contributed by atoms with E-state index in [1.54, 1.807) is 36.4 Å². The van der Waals surface area contributed by atoms with Crippen LogP contribution in [0.4, 0.5) is 0 Å². The molecule has 4 rings (SSSR count). The van der Waals surface area contributed by atoms with Crippen molar-refractivity contribution < 1.29 is 43.2 Å². The maximum Gasteiger partial charge on any atom is 0.243 e. The number of benzene rings is 4. The fourth-order valence-corrected chi connectivity index (χ4v) is 5.89.